The van der Waals surface area contributed by atoms with Gasteiger partial charge in [0.1, 0.15) is 0 Å². The van der Waals surface area contributed by atoms with Crippen LogP contribution in [0.15, 0.2) is 11.2 Å². The quantitative estimate of drug-likeness (QED) is 0.418. The Bertz CT molecular complexity index is 886. The van der Waals surface area contributed by atoms with Crippen LogP contribution in [0, 0.1) is 19.8 Å². The number of hydrogen-bond donors (Lipinski definition) is 1. The van der Waals surface area contributed by atoms with Crippen LogP contribution < -0.4 is 5.84 Å². The molecule has 1 fully saturated rings. The zero-order valence-electron chi connectivity index (χ0n) is 17.2. The number of esters is 1. The van der Waals surface area contributed by atoms with Crippen LogP contribution in [0.1, 0.15) is 38.1 Å². The van der Waals surface area contributed by atoms with Crippen molar-refractivity contribution in [2.75, 3.05) is 25.5 Å². The van der Waals surface area contributed by atoms with Crippen molar-refractivity contribution < 1.29 is 14.3 Å². The van der Waals surface area contributed by atoms with Gasteiger partial charge in [-0.2, -0.15) is 5.10 Å². The maximum absolute atomic E-state index is 12.8. The van der Waals surface area contributed by atoms with E-state index in [1.165, 1.54) is 16.4 Å². The van der Waals surface area contributed by atoms with E-state index in [9.17, 15) is 9.59 Å². The van der Waals surface area contributed by atoms with Crippen LogP contribution in [-0.4, -0.2) is 66.4 Å². The molecule has 1 amide bonds. The summed E-state index contributed by atoms with van der Waals surface area (Å²) in [5.74, 6) is 6.25. The normalized spacial score (nSPS) is 16.1. The van der Waals surface area contributed by atoms with E-state index in [1.807, 2.05) is 26.8 Å². The Hall–Kier alpha value is -2.56. The second-order valence-electron chi connectivity index (χ2n) is 7.10. The predicted molar refractivity (Wildman–Crippen MR) is 108 cm³/mol. The largest absolute Gasteiger partial charge is 0.466 e. The van der Waals surface area contributed by atoms with Crippen molar-refractivity contribution in [3.63, 3.8) is 0 Å². The second-order valence-corrected chi connectivity index (χ2v) is 8.41. The molecule has 1 unspecified atom stereocenters. The molecule has 2 aromatic heterocycles. The first-order chi connectivity index (χ1) is 13.8. The van der Waals surface area contributed by atoms with Crippen molar-refractivity contribution in [2.24, 2.45) is 5.92 Å². The average molecular weight is 422 g/mol. The number of nitrogens with two attached hydrogens (primary N) is 1. The number of hydrogen-bond acceptors (Lipinski definition) is 8. The van der Waals surface area contributed by atoms with Gasteiger partial charge in [-0.1, -0.05) is 11.8 Å². The molecule has 0 radical (unpaired) electrons. The van der Waals surface area contributed by atoms with Gasteiger partial charge in [0.2, 0.25) is 11.1 Å². The molecule has 1 atom stereocenters. The predicted octanol–water partition coefficient (Wildman–Crippen LogP) is 1.08. The fraction of sp³-hybridized carbons (Fsp3) is 0.611. The summed E-state index contributed by atoms with van der Waals surface area (Å²) in [6.45, 7) is 8.88. The van der Waals surface area contributed by atoms with Gasteiger partial charge < -0.3 is 15.5 Å². The number of likely N-dealkylation sites (tertiary alicyclic amines) is 1. The van der Waals surface area contributed by atoms with Gasteiger partial charge in [0.25, 0.3) is 5.95 Å². The summed E-state index contributed by atoms with van der Waals surface area (Å²) in [6, 6.07) is 1.92. The molecule has 11 heteroatoms. The molecular weight excluding hydrogens is 394 g/mol. The molecule has 2 aromatic rings. The highest BCUT2D eigenvalue weighted by atomic mass is 32.2. The lowest BCUT2D eigenvalue weighted by molar-refractivity contribution is -0.151. The minimum absolute atomic E-state index is 0.00651. The number of aryl methyl sites for hydroxylation is 2. The lowest BCUT2D eigenvalue weighted by Gasteiger charge is -2.32. The number of aromatic nitrogens is 5. The van der Waals surface area contributed by atoms with E-state index in [0.29, 0.717) is 43.6 Å². The van der Waals surface area contributed by atoms with Crippen LogP contribution in [0.5, 0.6) is 0 Å². The highest BCUT2D eigenvalue weighted by molar-refractivity contribution is 8.00. The number of carbonyl (C=O) groups is 2. The summed E-state index contributed by atoms with van der Waals surface area (Å²) >= 11 is 1.26. The number of thioether (sulfide) groups is 1. The van der Waals surface area contributed by atoms with Gasteiger partial charge in [-0.05, 0) is 46.6 Å². The third-order valence-electron chi connectivity index (χ3n) is 4.90. The lowest BCUT2D eigenvalue weighted by atomic mass is 9.97. The number of nitrogens with zero attached hydrogens (tertiary/aromatic N) is 6. The molecule has 1 saturated heterocycles. The molecule has 2 N–H and O–H groups in total. The minimum atomic E-state index is -0.381. The van der Waals surface area contributed by atoms with Crippen LogP contribution in [0.3, 0.4) is 0 Å². The highest BCUT2D eigenvalue weighted by Gasteiger charge is 2.31. The highest BCUT2D eigenvalue weighted by Crippen LogP contribution is 2.26. The van der Waals surface area contributed by atoms with E-state index in [2.05, 4.69) is 15.3 Å². The Morgan fingerprint density at radius 1 is 1.31 bits per heavy atom. The van der Waals surface area contributed by atoms with E-state index < -0.39 is 0 Å². The zero-order chi connectivity index (χ0) is 21.1. The van der Waals surface area contributed by atoms with E-state index in [4.69, 9.17) is 10.6 Å². The number of nitrogen functional groups attached to an aromatic ring is 1. The van der Waals surface area contributed by atoms with Crippen LogP contribution in [0.4, 0.5) is 0 Å². The first-order valence-electron chi connectivity index (χ1n) is 9.68. The standard InChI is InChI=1S/C18H27N7O3S/c1-5-28-16(27)14-6-8-23(9-7-14)15(26)13(4)29-18-21-20-17(24(18)19)25-12(3)10-11(2)22-25/h10,13-14H,5-9,19H2,1-4H3. The maximum Gasteiger partial charge on any atom is 0.309 e. The third-order valence-corrected chi connectivity index (χ3v) is 5.95. The summed E-state index contributed by atoms with van der Waals surface area (Å²) in [5.41, 5.74) is 1.75. The molecule has 1 aliphatic rings. The minimum Gasteiger partial charge on any atom is -0.466 e. The van der Waals surface area contributed by atoms with Crippen molar-refractivity contribution in [1.82, 2.24) is 29.6 Å². The van der Waals surface area contributed by atoms with Crippen molar-refractivity contribution in [1.29, 1.82) is 0 Å². The van der Waals surface area contributed by atoms with E-state index in [0.717, 1.165) is 11.4 Å². The zero-order valence-corrected chi connectivity index (χ0v) is 18.0. The Kier molecular flexibility index (Phi) is 6.46. The molecule has 0 bridgehead atoms. The summed E-state index contributed by atoms with van der Waals surface area (Å²) in [7, 11) is 0. The fourth-order valence-electron chi connectivity index (χ4n) is 3.39. The first-order valence-corrected chi connectivity index (χ1v) is 10.6. The smallest absolute Gasteiger partial charge is 0.309 e. The first kappa shape index (κ1) is 21.2. The van der Waals surface area contributed by atoms with E-state index >= 15 is 0 Å². The monoisotopic (exact) mass is 421 g/mol. The van der Waals surface area contributed by atoms with Gasteiger partial charge >= 0.3 is 5.97 Å². The summed E-state index contributed by atoms with van der Waals surface area (Å²) in [4.78, 5) is 26.5. The number of piperidine rings is 1. The summed E-state index contributed by atoms with van der Waals surface area (Å²) in [6.07, 6.45) is 1.24. The SMILES string of the molecule is CCOC(=O)C1CCN(C(=O)C(C)Sc2nnc(-n3nc(C)cc3C)n2N)CC1. The number of ether oxygens (including phenoxy) is 1. The van der Waals surface area contributed by atoms with Crippen molar-refractivity contribution >= 4 is 23.6 Å². The third kappa shape index (κ3) is 4.55. The number of amides is 1. The molecule has 158 valence electrons. The molecule has 0 saturated carbocycles. The van der Waals surface area contributed by atoms with Crippen molar-refractivity contribution in [3.8, 4) is 5.95 Å². The number of carbonyl (C=O) groups excluding carboxylic acids is 2. The van der Waals surface area contributed by atoms with Crippen LogP contribution >= 0.6 is 11.8 Å². The average Bonchev–Trinajstić information content (AvgIpc) is 3.22. The summed E-state index contributed by atoms with van der Waals surface area (Å²) < 4.78 is 8.05. The van der Waals surface area contributed by atoms with Gasteiger partial charge in [-0.3, -0.25) is 9.59 Å². The number of rotatable bonds is 6. The fourth-order valence-corrected chi connectivity index (χ4v) is 4.24. The van der Waals surface area contributed by atoms with Crippen LogP contribution in [0.25, 0.3) is 5.95 Å². The van der Waals surface area contributed by atoms with Gasteiger partial charge in [0.05, 0.1) is 23.5 Å². The lowest BCUT2D eigenvalue weighted by Crippen LogP contribution is -2.43. The van der Waals surface area contributed by atoms with Crippen molar-refractivity contribution in [3.05, 3.63) is 17.5 Å². The molecule has 29 heavy (non-hydrogen) atoms. The molecule has 3 heterocycles. The maximum atomic E-state index is 12.8. The Morgan fingerprint density at radius 2 is 2.00 bits per heavy atom. The van der Waals surface area contributed by atoms with Gasteiger partial charge in [0.15, 0.2) is 0 Å². The molecule has 0 aliphatic carbocycles. The van der Waals surface area contributed by atoms with Crippen LogP contribution in [-0.2, 0) is 14.3 Å². The molecule has 1 aliphatic heterocycles. The molecule has 0 spiro atoms. The van der Waals surface area contributed by atoms with Gasteiger partial charge in [0, 0.05) is 18.8 Å². The van der Waals surface area contributed by atoms with E-state index in [1.54, 1.807) is 16.5 Å². The molecular formula is C18H27N7O3S. The Labute approximate surface area is 173 Å². The van der Waals surface area contributed by atoms with Crippen LogP contribution in [0.2, 0.25) is 0 Å². The Balaban J connectivity index is 1.61. The second kappa shape index (κ2) is 8.85. The molecule has 0 aromatic carbocycles. The van der Waals surface area contributed by atoms with Crippen molar-refractivity contribution in [2.45, 2.75) is 50.9 Å². The Morgan fingerprint density at radius 3 is 2.59 bits per heavy atom. The molecule has 10 nitrogen and oxygen atoms in total. The van der Waals surface area contributed by atoms with Gasteiger partial charge in [-0.15, -0.1) is 10.2 Å². The molecule has 3 rings (SSSR count). The topological polar surface area (TPSA) is 121 Å². The summed E-state index contributed by atoms with van der Waals surface area (Å²) in [5, 5.41) is 12.7. The van der Waals surface area contributed by atoms with E-state index in [-0.39, 0.29) is 23.0 Å². The van der Waals surface area contributed by atoms with Gasteiger partial charge in [-0.25, -0.2) is 9.36 Å².